The number of benzene rings is 2. The predicted octanol–water partition coefficient (Wildman–Crippen LogP) is 5.10. The van der Waals surface area contributed by atoms with E-state index in [1.54, 1.807) is 24.9 Å². The van der Waals surface area contributed by atoms with Crippen LogP contribution in [-0.4, -0.2) is 134 Å². The van der Waals surface area contributed by atoms with Crippen LogP contribution >= 0.6 is 0 Å². The second-order valence-corrected chi connectivity index (χ2v) is 37.4. The van der Waals surface area contributed by atoms with Crippen LogP contribution in [0.25, 0.3) is 4.65 Å². The first-order chi connectivity index (χ1) is 45.1. The van der Waals surface area contributed by atoms with Crippen molar-refractivity contribution < 1.29 is 151 Å². The number of fused-ring (bicyclic) bond motifs is 10. The molecule has 4 aromatic heterocycles. The molecule has 8 bridgehead atoms. The summed E-state index contributed by atoms with van der Waals surface area (Å²) < 4.78 is 39.4. The van der Waals surface area contributed by atoms with Gasteiger partial charge in [0, 0.05) is 148 Å². The molecule has 8 aliphatic heterocycles. The van der Waals surface area contributed by atoms with Crippen LogP contribution in [0.2, 0.25) is 39.3 Å². The third-order valence-electron chi connectivity index (χ3n) is 16.2. The van der Waals surface area contributed by atoms with E-state index >= 15 is 0 Å². The van der Waals surface area contributed by atoms with E-state index in [4.69, 9.17) is 77.7 Å². The Labute approximate surface area is 681 Å². The van der Waals surface area contributed by atoms with E-state index in [-0.39, 0.29) is 118 Å². The van der Waals surface area contributed by atoms with Crippen LogP contribution in [0.4, 0.5) is 22.7 Å². The van der Waals surface area contributed by atoms with E-state index in [0.717, 1.165) is 183 Å². The molecule has 0 N–H and O–H groups in total. The van der Waals surface area contributed by atoms with Gasteiger partial charge in [-0.15, -0.1) is 22.8 Å². The second kappa shape index (κ2) is 54.3. The smallest absolute Gasteiger partial charge is 1.00 e. The van der Waals surface area contributed by atoms with E-state index in [9.17, 15) is 0 Å². The standard InChI is InChI=1S/C42H40N8.C6H18NSi2.7C4H8O.4Li.2O.U/c1-25-17-33-34(18-26(25)2)44-22-30-10-14-38(48-30)42(7,8)40-16-12-32(50-40)24-46-36-20-28(4)27(3)19-35(36)45-23-31-11-15-39(49-31)41(5,6)37-13-9-29(47-37)21-43-33;1-8(2,3)7-9(4,5)6;7*1-2-4-5-3-1;;;;;;;/h9-24H,1-8H3;1-6H3;7*1-4H2;;;;;;;/q-4;-1;;;;;;;;4*+1;2*-2;. The monoisotopic (exact) mass is 1620 g/mol. The number of ether oxygens (including phenoxy) is 7. The SMILES string of the molecule is C1CCOC1.C1CCOC1.C1CCOC1.C1CCOC1.C1CCOC1.C1CCOC1.C1CCOC1.C[Si](C)(C)[N-][Si](C)(C)C.Cc1cc2c(cc1C)N=Cc1ccc([n-]1)C(C)(C)c1ccc([n-]1)C=Nc1cc(C)c(C)cc1N=Cc1ccc([n-]1)C(C)(C)c1ccc([n-]1)C=N2.[Li+].[Li+].[Li+].[Li+].[O-2].[O-2].[U]. The topological polar surface area (TPSA) is 242 Å². The maximum absolute atomic E-state index is 4.94. The number of hydrogen-bond acceptors (Lipinski definition) is 11. The van der Waals surface area contributed by atoms with Gasteiger partial charge < -0.3 is 68.7 Å². The number of rotatable bonds is 2. The molecule has 18 nitrogen and oxygen atoms in total. The third-order valence-corrected chi connectivity index (χ3v) is 21.6. The van der Waals surface area contributed by atoms with E-state index in [0.29, 0.717) is 0 Å². The quantitative estimate of drug-likeness (QED) is 0.207. The van der Waals surface area contributed by atoms with Crippen molar-refractivity contribution in [1.82, 2.24) is 19.9 Å². The first-order valence-corrected chi connectivity index (χ1v) is 41.7. The molecule has 0 spiro atoms. The number of aryl methyl sites for hydroxylation is 4. The van der Waals surface area contributed by atoms with Gasteiger partial charge in [0.2, 0.25) is 0 Å². The fraction of sp³-hybridized carbons (Fsp3) is 0.579. The normalized spacial score (nSPS) is 17.1. The Bertz CT molecular complexity index is 2750. The zero-order chi connectivity index (χ0) is 67.7. The van der Waals surface area contributed by atoms with Crippen LogP contribution in [0.15, 0.2) is 92.8 Å². The van der Waals surface area contributed by atoms with Crippen LogP contribution in [0.1, 0.15) is 185 Å². The van der Waals surface area contributed by atoms with Gasteiger partial charge in [0.1, 0.15) is 0 Å². The Morgan fingerprint density at radius 3 is 0.584 bits per heavy atom. The predicted molar refractivity (Wildman–Crippen MR) is 396 cm³/mol. The molecule has 101 heavy (non-hydrogen) atoms. The summed E-state index contributed by atoms with van der Waals surface area (Å²) in [6.07, 6.45) is 25.1. The summed E-state index contributed by atoms with van der Waals surface area (Å²) in [7, 11) is -2.21. The summed E-state index contributed by atoms with van der Waals surface area (Å²) in [5.74, 6) is 0. The third kappa shape index (κ3) is 39.4. The number of aliphatic imine (C=N–C) groups is 4. The van der Waals surface area contributed by atoms with Crippen molar-refractivity contribution in [2.75, 3.05) is 92.5 Å². The molecule has 538 valence electrons. The minimum atomic E-state index is -1.11. The number of nitrogens with zero attached hydrogens (tertiary/aromatic N) is 9. The van der Waals surface area contributed by atoms with Gasteiger partial charge in [0.05, 0.1) is 22.7 Å². The maximum atomic E-state index is 4.94. The Morgan fingerprint density at radius 2 is 0.465 bits per heavy atom. The van der Waals surface area contributed by atoms with E-state index < -0.39 is 27.3 Å². The fourth-order valence-corrected chi connectivity index (χ4v) is 18.6. The van der Waals surface area contributed by atoms with Crippen molar-refractivity contribution in [3.05, 3.63) is 145 Å². The molecule has 12 heterocycles. The number of hydrogen-bond donors (Lipinski definition) is 0. The summed E-state index contributed by atoms with van der Waals surface area (Å²) in [6, 6.07) is 24.4. The van der Waals surface area contributed by atoms with Crippen LogP contribution in [-0.2, 0) is 54.9 Å². The molecular weight excluding hydrogens is 1500 g/mol. The van der Waals surface area contributed by atoms with Gasteiger partial charge in [-0.05, 0) is 175 Å². The van der Waals surface area contributed by atoms with E-state index in [1.807, 2.05) is 48.5 Å². The van der Waals surface area contributed by atoms with Crippen molar-refractivity contribution in [1.29, 1.82) is 0 Å². The summed E-state index contributed by atoms with van der Waals surface area (Å²) in [5, 5.41) is 0. The molecule has 7 fully saturated rings. The van der Waals surface area contributed by atoms with Crippen molar-refractivity contribution in [3.8, 4) is 0 Å². The summed E-state index contributed by atoms with van der Waals surface area (Å²) >= 11 is 0. The van der Waals surface area contributed by atoms with Gasteiger partial charge in [-0.25, -0.2) is 0 Å². The van der Waals surface area contributed by atoms with Crippen LogP contribution in [0.5, 0.6) is 0 Å². The molecule has 0 aliphatic carbocycles. The molecule has 8 aliphatic rings. The van der Waals surface area contributed by atoms with Gasteiger partial charge in [-0.2, -0.15) is 22.8 Å². The molecule has 0 saturated carbocycles. The molecule has 0 atom stereocenters. The van der Waals surface area contributed by atoms with Crippen molar-refractivity contribution in [3.63, 3.8) is 0 Å². The van der Waals surface area contributed by atoms with Crippen LogP contribution in [0.3, 0.4) is 0 Å². The summed E-state index contributed by atoms with van der Waals surface area (Å²) in [4.78, 5) is 39.2. The zero-order valence-electron chi connectivity index (χ0n) is 65.2. The fourth-order valence-electron chi connectivity index (χ4n) is 10.6. The molecule has 0 unspecified atom stereocenters. The Hall–Kier alpha value is -2.28. The number of aromatic nitrogens is 4. The van der Waals surface area contributed by atoms with Gasteiger partial charge in [0.15, 0.2) is 0 Å². The summed E-state index contributed by atoms with van der Waals surface area (Å²) in [5.41, 5.74) is 13.5. The molecule has 0 radical (unpaired) electrons. The van der Waals surface area contributed by atoms with Crippen molar-refractivity contribution in [2.45, 2.75) is 195 Å². The van der Waals surface area contributed by atoms with Crippen LogP contribution in [0, 0.1) is 58.8 Å². The zero-order valence-corrected chi connectivity index (χ0v) is 71.4. The average Bonchev–Trinajstić information content (AvgIpc) is 1.66. The largest absolute Gasteiger partial charge is 2.00 e. The van der Waals surface area contributed by atoms with Gasteiger partial charge >= 0.3 is 75.4 Å². The first-order valence-electron chi connectivity index (χ1n) is 34.8. The minimum absolute atomic E-state index is 0. The van der Waals surface area contributed by atoms with Crippen LogP contribution < -0.4 is 95.4 Å². The van der Waals surface area contributed by atoms with Gasteiger partial charge in [0.25, 0.3) is 0 Å². The molecule has 14 rings (SSSR count). The second-order valence-electron chi connectivity index (χ2n) is 27.8. The molecule has 6 aromatic rings. The Kier molecular flexibility index (Phi) is 54.2. The Morgan fingerprint density at radius 1 is 0.307 bits per heavy atom. The maximum Gasteiger partial charge on any atom is 1.00 e. The van der Waals surface area contributed by atoms with Crippen molar-refractivity contribution in [2.24, 2.45) is 20.0 Å². The molecular formula is C76H114Li4N9O9Si2U-5. The van der Waals surface area contributed by atoms with Gasteiger partial charge in [-0.1, -0.05) is 132 Å². The van der Waals surface area contributed by atoms with Crippen molar-refractivity contribution >= 4 is 64.1 Å². The average molecular weight is 1620 g/mol. The molecule has 2 aromatic carbocycles. The van der Waals surface area contributed by atoms with Gasteiger partial charge in [-0.3, -0.25) is 20.0 Å². The molecule has 0 amide bonds. The minimum Gasteiger partial charge on any atom is -2.00 e. The van der Waals surface area contributed by atoms with E-state index in [2.05, 4.69) is 119 Å². The molecule has 25 heteroatoms. The Balaban J connectivity index is 0. The van der Waals surface area contributed by atoms with E-state index in [1.165, 1.54) is 89.9 Å². The first kappa shape index (κ1) is 101. The summed E-state index contributed by atoms with van der Waals surface area (Å²) in [6.45, 7) is 44.6. The molecule has 7 saturated heterocycles.